The highest BCUT2D eigenvalue weighted by Crippen LogP contribution is 2.48. The van der Waals surface area contributed by atoms with Crippen LogP contribution in [0.1, 0.15) is 45.1 Å². The van der Waals surface area contributed by atoms with Crippen LogP contribution in [0.4, 0.5) is 0 Å². The van der Waals surface area contributed by atoms with Gasteiger partial charge in [-0.3, -0.25) is 4.79 Å². The molecule has 1 fully saturated rings. The molecule has 1 unspecified atom stereocenters. The highest BCUT2D eigenvalue weighted by atomic mass is 79.9. The van der Waals surface area contributed by atoms with Crippen LogP contribution in [-0.2, 0) is 10.2 Å². The molecule has 1 aliphatic carbocycles. The third kappa shape index (κ3) is 4.44. The lowest BCUT2D eigenvalue weighted by atomic mass is 9.93. The number of carbonyl (C=O) groups is 1. The molecule has 5 heteroatoms. The Balaban J connectivity index is 0.00000220. The minimum absolute atomic E-state index is 0. The van der Waals surface area contributed by atoms with Crippen molar-refractivity contribution in [2.45, 2.75) is 50.5 Å². The summed E-state index contributed by atoms with van der Waals surface area (Å²) >= 11 is 3.51. The molecule has 0 bridgehead atoms. The Kier molecular flexibility index (Phi) is 6.26. The Morgan fingerprint density at radius 1 is 1.48 bits per heavy atom. The van der Waals surface area contributed by atoms with Crippen LogP contribution in [0.15, 0.2) is 28.7 Å². The van der Waals surface area contributed by atoms with Crippen LogP contribution < -0.4 is 11.1 Å². The van der Waals surface area contributed by atoms with Crippen molar-refractivity contribution < 1.29 is 4.79 Å². The first kappa shape index (κ1) is 18.5. The molecule has 0 heterocycles. The highest BCUT2D eigenvalue weighted by Gasteiger charge is 2.45. The Labute approximate surface area is 141 Å². The first-order valence-corrected chi connectivity index (χ1v) is 8.02. The summed E-state index contributed by atoms with van der Waals surface area (Å²) < 4.78 is 1.09. The number of halogens is 2. The number of nitrogens with one attached hydrogen (secondary N) is 1. The highest BCUT2D eigenvalue weighted by molar-refractivity contribution is 9.10. The quantitative estimate of drug-likeness (QED) is 0.799. The van der Waals surface area contributed by atoms with Gasteiger partial charge in [-0.2, -0.15) is 0 Å². The maximum absolute atomic E-state index is 12.2. The van der Waals surface area contributed by atoms with E-state index >= 15 is 0 Å². The third-order valence-corrected chi connectivity index (χ3v) is 4.66. The molecule has 1 aromatic rings. The summed E-state index contributed by atoms with van der Waals surface area (Å²) in [6, 6.07) is 8.35. The first-order chi connectivity index (χ1) is 9.39. The zero-order valence-electron chi connectivity index (χ0n) is 12.6. The van der Waals surface area contributed by atoms with Crippen LogP contribution in [0, 0.1) is 0 Å². The second kappa shape index (κ2) is 7.12. The summed E-state index contributed by atoms with van der Waals surface area (Å²) in [5.41, 5.74) is 6.71. The van der Waals surface area contributed by atoms with E-state index in [0.717, 1.165) is 23.7 Å². The van der Waals surface area contributed by atoms with Crippen molar-refractivity contribution in [2.24, 2.45) is 5.73 Å². The van der Waals surface area contributed by atoms with Gasteiger partial charge in [-0.15, -0.1) is 12.4 Å². The predicted molar refractivity (Wildman–Crippen MR) is 92.8 cm³/mol. The molecule has 0 spiro atoms. The standard InChI is InChI=1S/C16H23BrN2O.ClH/c1-3-7-15(2,18)14(20)19-11-16(8-9-16)12-5-4-6-13(17)10-12;/h4-6,10H,3,7-9,11,18H2,1-2H3,(H,19,20);1H. The zero-order valence-corrected chi connectivity index (χ0v) is 15.0. The lowest BCUT2D eigenvalue weighted by Crippen LogP contribution is -2.52. The second-order valence-electron chi connectivity index (χ2n) is 6.14. The fourth-order valence-electron chi connectivity index (χ4n) is 2.62. The fraction of sp³-hybridized carbons (Fsp3) is 0.562. The van der Waals surface area contributed by atoms with Gasteiger partial charge in [0.2, 0.25) is 5.91 Å². The predicted octanol–water partition coefficient (Wildman–Crippen LogP) is 3.54. The van der Waals surface area contributed by atoms with Crippen LogP contribution in [-0.4, -0.2) is 18.0 Å². The molecule has 3 nitrogen and oxygen atoms in total. The average Bonchev–Trinajstić information content (AvgIpc) is 3.17. The van der Waals surface area contributed by atoms with Crippen molar-refractivity contribution in [3.05, 3.63) is 34.3 Å². The van der Waals surface area contributed by atoms with E-state index in [0.29, 0.717) is 13.0 Å². The Morgan fingerprint density at radius 2 is 2.14 bits per heavy atom. The van der Waals surface area contributed by atoms with E-state index < -0.39 is 5.54 Å². The molecular weight excluding hydrogens is 352 g/mol. The number of benzene rings is 1. The van der Waals surface area contributed by atoms with Gasteiger partial charge >= 0.3 is 0 Å². The first-order valence-electron chi connectivity index (χ1n) is 7.23. The summed E-state index contributed by atoms with van der Waals surface area (Å²) in [4.78, 5) is 12.2. The Hall–Kier alpha value is -0.580. The van der Waals surface area contributed by atoms with Crippen LogP contribution in [0.2, 0.25) is 0 Å². The summed E-state index contributed by atoms with van der Waals surface area (Å²) in [6.45, 7) is 4.53. The lowest BCUT2D eigenvalue weighted by Gasteiger charge is -2.25. The molecule has 0 aliphatic heterocycles. The van der Waals surface area contributed by atoms with E-state index in [1.807, 2.05) is 26.0 Å². The van der Waals surface area contributed by atoms with Crippen molar-refractivity contribution in [1.29, 1.82) is 0 Å². The van der Waals surface area contributed by atoms with E-state index in [2.05, 4.69) is 33.4 Å². The Morgan fingerprint density at radius 3 is 2.67 bits per heavy atom. The molecule has 1 amide bonds. The van der Waals surface area contributed by atoms with Gasteiger partial charge in [0.1, 0.15) is 0 Å². The van der Waals surface area contributed by atoms with Gasteiger partial charge in [0.05, 0.1) is 5.54 Å². The van der Waals surface area contributed by atoms with Crippen LogP contribution in [0.5, 0.6) is 0 Å². The maximum Gasteiger partial charge on any atom is 0.239 e. The fourth-order valence-corrected chi connectivity index (χ4v) is 3.02. The van der Waals surface area contributed by atoms with Crippen LogP contribution in [0.3, 0.4) is 0 Å². The molecule has 118 valence electrons. The van der Waals surface area contributed by atoms with Crippen molar-refractivity contribution in [3.8, 4) is 0 Å². The van der Waals surface area contributed by atoms with Crippen LogP contribution in [0.25, 0.3) is 0 Å². The lowest BCUT2D eigenvalue weighted by molar-refractivity contribution is -0.126. The Bertz CT molecular complexity index is 501. The molecule has 1 atom stereocenters. The van der Waals surface area contributed by atoms with Crippen molar-refractivity contribution >= 4 is 34.2 Å². The smallest absolute Gasteiger partial charge is 0.239 e. The van der Waals surface area contributed by atoms with Gasteiger partial charge < -0.3 is 11.1 Å². The van der Waals surface area contributed by atoms with Gasteiger partial charge in [0, 0.05) is 16.4 Å². The van der Waals surface area contributed by atoms with E-state index in [9.17, 15) is 4.79 Å². The molecule has 1 aromatic carbocycles. The molecule has 3 N–H and O–H groups in total. The number of hydrogen-bond acceptors (Lipinski definition) is 2. The molecule has 1 saturated carbocycles. The third-order valence-electron chi connectivity index (χ3n) is 4.17. The molecule has 1 aliphatic rings. The minimum atomic E-state index is -0.762. The number of nitrogens with two attached hydrogens (primary N) is 1. The van der Waals surface area contributed by atoms with E-state index in [-0.39, 0.29) is 23.7 Å². The SMILES string of the molecule is CCCC(C)(N)C(=O)NCC1(c2cccc(Br)c2)CC1.Cl. The topological polar surface area (TPSA) is 55.1 Å². The number of amides is 1. The van der Waals surface area contributed by atoms with Gasteiger partial charge in [0.25, 0.3) is 0 Å². The summed E-state index contributed by atoms with van der Waals surface area (Å²) in [5, 5.41) is 3.05. The minimum Gasteiger partial charge on any atom is -0.354 e. The van der Waals surface area contributed by atoms with E-state index in [1.54, 1.807) is 0 Å². The number of carbonyl (C=O) groups excluding carboxylic acids is 1. The molecular formula is C16H24BrClN2O. The summed E-state index contributed by atoms with van der Waals surface area (Å²) in [7, 11) is 0. The van der Waals surface area contributed by atoms with Crippen LogP contribution >= 0.6 is 28.3 Å². The average molecular weight is 376 g/mol. The van der Waals surface area contributed by atoms with Gasteiger partial charge in [-0.25, -0.2) is 0 Å². The monoisotopic (exact) mass is 374 g/mol. The molecule has 2 rings (SSSR count). The zero-order chi connectivity index (χ0) is 14.8. The second-order valence-corrected chi connectivity index (χ2v) is 7.06. The molecule has 0 radical (unpaired) electrons. The largest absolute Gasteiger partial charge is 0.354 e. The molecule has 0 saturated heterocycles. The van der Waals surface area contributed by atoms with Crippen molar-refractivity contribution in [1.82, 2.24) is 5.32 Å². The normalized spacial score (nSPS) is 18.3. The summed E-state index contributed by atoms with van der Waals surface area (Å²) in [6.07, 6.45) is 3.87. The molecule has 0 aromatic heterocycles. The van der Waals surface area contributed by atoms with E-state index in [4.69, 9.17) is 5.73 Å². The number of hydrogen-bond donors (Lipinski definition) is 2. The maximum atomic E-state index is 12.2. The van der Waals surface area contributed by atoms with E-state index in [1.165, 1.54) is 5.56 Å². The van der Waals surface area contributed by atoms with Gasteiger partial charge in [-0.1, -0.05) is 41.4 Å². The van der Waals surface area contributed by atoms with Crippen molar-refractivity contribution in [2.75, 3.05) is 6.54 Å². The number of rotatable bonds is 6. The van der Waals surface area contributed by atoms with Gasteiger partial charge in [-0.05, 0) is 43.9 Å². The van der Waals surface area contributed by atoms with Gasteiger partial charge in [0.15, 0.2) is 0 Å². The molecule has 21 heavy (non-hydrogen) atoms. The summed E-state index contributed by atoms with van der Waals surface area (Å²) in [5.74, 6) is -0.0411. The van der Waals surface area contributed by atoms with Crippen molar-refractivity contribution in [3.63, 3.8) is 0 Å².